The topological polar surface area (TPSA) is 56.1 Å². The minimum atomic E-state index is -0.301. The number of aromatic nitrogens is 2. The number of ether oxygens (including phenoxy) is 1. The predicted molar refractivity (Wildman–Crippen MR) is 90.9 cm³/mol. The van der Waals surface area contributed by atoms with E-state index in [0.717, 1.165) is 12.0 Å². The van der Waals surface area contributed by atoms with E-state index in [1.807, 2.05) is 6.92 Å². The summed E-state index contributed by atoms with van der Waals surface area (Å²) in [5.74, 6) is -0.572. The molecule has 2 aromatic rings. The van der Waals surface area contributed by atoms with Crippen molar-refractivity contribution in [1.82, 2.24) is 15.1 Å². The van der Waals surface area contributed by atoms with E-state index in [-0.39, 0.29) is 22.9 Å². The Balaban J connectivity index is 2.18. The van der Waals surface area contributed by atoms with Gasteiger partial charge in [0.25, 0.3) is 5.91 Å². The lowest BCUT2D eigenvalue weighted by molar-refractivity contribution is 0.0894. The van der Waals surface area contributed by atoms with Crippen LogP contribution in [0.5, 0.6) is 0 Å². The van der Waals surface area contributed by atoms with Crippen molar-refractivity contribution < 1.29 is 13.9 Å². The third-order valence-electron chi connectivity index (χ3n) is 3.73. The Kier molecular flexibility index (Phi) is 6.34. The number of aryl methyl sites for hydroxylation is 1. The van der Waals surface area contributed by atoms with Gasteiger partial charge in [-0.25, -0.2) is 9.07 Å². The van der Waals surface area contributed by atoms with Crippen molar-refractivity contribution in [1.29, 1.82) is 0 Å². The fourth-order valence-corrected chi connectivity index (χ4v) is 2.72. The number of amides is 1. The first-order valence-electron chi connectivity index (χ1n) is 7.73. The Labute approximate surface area is 145 Å². The summed E-state index contributed by atoms with van der Waals surface area (Å²) in [5.41, 5.74) is 1.75. The zero-order valence-electron chi connectivity index (χ0n) is 14.0. The van der Waals surface area contributed by atoms with Gasteiger partial charge in [-0.2, -0.15) is 5.10 Å². The molecular formula is C17H21ClFN3O2. The first kappa shape index (κ1) is 18.4. The second kappa shape index (κ2) is 8.26. The maximum atomic E-state index is 13.0. The molecule has 0 aliphatic heterocycles. The van der Waals surface area contributed by atoms with Crippen LogP contribution in [0.15, 0.2) is 24.3 Å². The molecule has 24 heavy (non-hydrogen) atoms. The molecule has 1 unspecified atom stereocenters. The summed E-state index contributed by atoms with van der Waals surface area (Å²) in [6.45, 7) is 4.50. The average Bonchev–Trinajstić information content (AvgIpc) is 2.83. The van der Waals surface area contributed by atoms with Gasteiger partial charge in [-0.1, -0.05) is 30.7 Å². The number of rotatable bonds is 7. The Morgan fingerprint density at radius 3 is 2.67 bits per heavy atom. The minimum absolute atomic E-state index is 0.0848. The van der Waals surface area contributed by atoms with E-state index in [1.165, 1.54) is 16.8 Å². The number of benzene rings is 1. The van der Waals surface area contributed by atoms with Crippen LogP contribution in [0.1, 0.15) is 35.0 Å². The summed E-state index contributed by atoms with van der Waals surface area (Å²) >= 11 is 6.34. The summed E-state index contributed by atoms with van der Waals surface area (Å²) < 4.78 is 19.6. The van der Waals surface area contributed by atoms with Crippen LogP contribution >= 0.6 is 11.6 Å². The first-order chi connectivity index (χ1) is 11.5. The third kappa shape index (κ3) is 4.33. The second-order valence-corrected chi connectivity index (χ2v) is 5.93. The molecule has 1 N–H and O–H groups in total. The van der Waals surface area contributed by atoms with Gasteiger partial charge in [0.2, 0.25) is 0 Å². The lowest BCUT2D eigenvalue weighted by atomic mass is 10.2. The van der Waals surface area contributed by atoms with Crippen LogP contribution in [0.25, 0.3) is 0 Å². The van der Waals surface area contributed by atoms with E-state index in [1.54, 1.807) is 26.2 Å². The van der Waals surface area contributed by atoms with Crippen LogP contribution in [-0.4, -0.2) is 35.4 Å². The van der Waals surface area contributed by atoms with Gasteiger partial charge in [0.1, 0.15) is 11.0 Å². The molecule has 2 rings (SSSR count). The monoisotopic (exact) mass is 353 g/mol. The lowest BCUT2D eigenvalue weighted by Gasteiger charge is -2.15. The largest absolute Gasteiger partial charge is 0.383 e. The normalized spacial score (nSPS) is 12.2. The molecule has 0 saturated heterocycles. The SMILES string of the molecule is CCC(COC)NC(=O)c1c(C)nn(Cc2ccc(F)cc2)c1Cl. The molecule has 7 heteroatoms. The summed E-state index contributed by atoms with van der Waals surface area (Å²) in [6, 6.07) is 5.99. The van der Waals surface area contributed by atoms with Crippen LogP contribution in [-0.2, 0) is 11.3 Å². The van der Waals surface area contributed by atoms with E-state index >= 15 is 0 Å². The highest BCUT2D eigenvalue weighted by atomic mass is 35.5. The molecule has 0 aliphatic carbocycles. The molecule has 0 spiro atoms. The molecule has 0 aliphatic rings. The maximum absolute atomic E-state index is 13.0. The standard InChI is InChI=1S/C17H21ClFN3O2/c1-4-14(10-24-3)20-17(23)15-11(2)21-22(16(15)18)9-12-5-7-13(19)8-6-12/h5-8,14H,4,9-10H2,1-3H3,(H,20,23). The number of methoxy groups -OCH3 is 1. The smallest absolute Gasteiger partial charge is 0.256 e. The molecule has 1 aromatic heterocycles. The van der Waals surface area contributed by atoms with E-state index in [4.69, 9.17) is 16.3 Å². The van der Waals surface area contributed by atoms with Crippen molar-refractivity contribution in [3.8, 4) is 0 Å². The van der Waals surface area contributed by atoms with Crippen molar-refractivity contribution in [2.75, 3.05) is 13.7 Å². The van der Waals surface area contributed by atoms with Gasteiger partial charge in [-0.15, -0.1) is 0 Å². The number of hydrogen-bond acceptors (Lipinski definition) is 3. The average molecular weight is 354 g/mol. The van der Waals surface area contributed by atoms with Gasteiger partial charge in [0.15, 0.2) is 0 Å². The molecule has 1 aromatic carbocycles. The van der Waals surface area contributed by atoms with Gasteiger partial charge in [-0.3, -0.25) is 4.79 Å². The van der Waals surface area contributed by atoms with E-state index in [0.29, 0.717) is 24.4 Å². The molecule has 0 bridgehead atoms. The minimum Gasteiger partial charge on any atom is -0.383 e. The van der Waals surface area contributed by atoms with Crippen LogP contribution in [0.3, 0.4) is 0 Å². The highest BCUT2D eigenvalue weighted by Gasteiger charge is 2.22. The molecule has 1 amide bonds. The van der Waals surface area contributed by atoms with Crippen LogP contribution in [0.4, 0.5) is 4.39 Å². The molecule has 0 fully saturated rings. The van der Waals surface area contributed by atoms with Crippen LogP contribution < -0.4 is 5.32 Å². The number of carbonyl (C=O) groups excluding carboxylic acids is 1. The molecule has 1 atom stereocenters. The van der Waals surface area contributed by atoms with Gasteiger partial charge >= 0.3 is 0 Å². The van der Waals surface area contributed by atoms with Crippen molar-refractivity contribution in [2.24, 2.45) is 0 Å². The Bertz CT molecular complexity index is 701. The van der Waals surface area contributed by atoms with Crippen molar-refractivity contribution in [3.63, 3.8) is 0 Å². The van der Waals surface area contributed by atoms with Gasteiger partial charge in [0, 0.05) is 7.11 Å². The Morgan fingerprint density at radius 2 is 2.08 bits per heavy atom. The predicted octanol–water partition coefficient (Wildman–Crippen LogP) is 3.19. The van der Waals surface area contributed by atoms with Crippen molar-refractivity contribution in [2.45, 2.75) is 32.9 Å². The first-order valence-corrected chi connectivity index (χ1v) is 8.11. The summed E-state index contributed by atoms with van der Waals surface area (Å²) in [7, 11) is 1.59. The second-order valence-electron chi connectivity index (χ2n) is 5.57. The Hall–Kier alpha value is -1.92. The summed E-state index contributed by atoms with van der Waals surface area (Å²) in [5, 5.41) is 7.49. The summed E-state index contributed by atoms with van der Waals surface area (Å²) in [4.78, 5) is 12.5. The molecule has 1 heterocycles. The number of nitrogens with zero attached hydrogens (tertiary/aromatic N) is 2. The van der Waals surface area contributed by atoms with Gasteiger partial charge in [-0.05, 0) is 31.0 Å². The zero-order valence-corrected chi connectivity index (χ0v) is 14.7. The van der Waals surface area contributed by atoms with Gasteiger partial charge < -0.3 is 10.1 Å². The fourth-order valence-electron chi connectivity index (χ4n) is 2.40. The van der Waals surface area contributed by atoms with Crippen molar-refractivity contribution in [3.05, 3.63) is 52.1 Å². The van der Waals surface area contributed by atoms with E-state index < -0.39 is 0 Å². The third-order valence-corrected chi connectivity index (χ3v) is 4.12. The summed E-state index contributed by atoms with van der Waals surface area (Å²) in [6.07, 6.45) is 0.750. The Morgan fingerprint density at radius 1 is 1.42 bits per heavy atom. The molecule has 0 radical (unpaired) electrons. The van der Waals surface area contributed by atoms with Gasteiger partial charge in [0.05, 0.1) is 30.5 Å². The fraction of sp³-hybridized carbons (Fsp3) is 0.412. The van der Waals surface area contributed by atoms with Crippen LogP contribution in [0, 0.1) is 12.7 Å². The maximum Gasteiger partial charge on any atom is 0.256 e. The van der Waals surface area contributed by atoms with Crippen LogP contribution in [0.2, 0.25) is 5.15 Å². The molecule has 5 nitrogen and oxygen atoms in total. The quantitative estimate of drug-likeness (QED) is 0.831. The highest BCUT2D eigenvalue weighted by molar-refractivity contribution is 6.33. The number of halogens is 2. The van der Waals surface area contributed by atoms with Crippen molar-refractivity contribution >= 4 is 17.5 Å². The molecule has 0 saturated carbocycles. The lowest BCUT2D eigenvalue weighted by Crippen LogP contribution is -2.37. The number of nitrogens with one attached hydrogen (secondary N) is 1. The zero-order chi connectivity index (χ0) is 17.7. The molecular weight excluding hydrogens is 333 g/mol. The van der Waals surface area contributed by atoms with E-state index in [9.17, 15) is 9.18 Å². The number of hydrogen-bond donors (Lipinski definition) is 1. The molecule has 130 valence electrons. The van der Waals surface area contributed by atoms with E-state index in [2.05, 4.69) is 10.4 Å². The highest BCUT2D eigenvalue weighted by Crippen LogP contribution is 2.21. The number of carbonyl (C=O) groups is 1.